The average Bonchev–Trinajstić information content (AvgIpc) is 2.60. The summed E-state index contributed by atoms with van der Waals surface area (Å²) in [7, 11) is 1.21. The van der Waals surface area contributed by atoms with Crippen molar-refractivity contribution in [1.29, 1.82) is 0 Å². The maximum atomic E-state index is 12.5. The predicted octanol–water partition coefficient (Wildman–Crippen LogP) is 3.21. The molecule has 2 rings (SSSR count). The highest BCUT2D eigenvalue weighted by Gasteiger charge is 2.25. The van der Waals surface area contributed by atoms with Gasteiger partial charge in [0.1, 0.15) is 6.04 Å². The Kier molecular flexibility index (Phi) is 6.60. The summed E-state index contributed by atoms with van der Waals surface area (Å²) in [6, 6.07) is 9.60. The average molecular weight is 396 g/mol. The molecule has 0 saturated heterocycles. The number of nitrogens with one attached hydrogen (secondary N) is 1. The van der Waals surface area contributed by atoms with E-state index in [0.717, 1.165) is 0 Å². The van der Waals surface area contributed by atoms with Crippen LogP contribution < -0.4 is 5.32 Å². The van der Waals surface area contributed by atoms with Crippen molar-refractivity contribution in [3.8, 4) is 0 Å². The zero-order valence-electron chi connectivity index (χ0n) is 13.7. The Morgan fingerprint density at radius 2 is 1.65 bits per heavy atom. The first-order valence-corrected chi connectivity index (χ1v) is 8.24. The molecule has 0 aromatic heterocycles. The molecule has 136 valence electrons. The van der Waals surface area contributed by atoms with E-state index in [2.05, 4.69) is 5.32 Å². The molecule has 0 saturated carbocycles. The lowest BCUT2D eigenvalue weighted by Crippen LogP contribution is -2.43. The van der Waals surface area contributed by atoms with Gasteiger partial charge in [0.2, 0.25) is 0 Å². The lowest BCUT2D eigenvalue weighted by molar-refractivity contribution is -0.142. The Morgan fingerprint density at radius 1 is 1.08 bits per heavy atom. The van der Waals surface area contributed by atoms with Gasteiger partial charge >= 0.3 is 11.9 Å². The molecule has 0 bridgehead atoms. The first-order chi connectivity index (χ1) is 12.3. The number of carboxylic acid groups (broad SMARTS) is 1. The summed E-state index contributed by atoms with van der Waals surface area (Å²) in [5, 5.41) is 11.8. The van der Waals surface area contributed by atoms with Gasteiger partial charge in [0.15, 0.2) is 0 Å². The van der Waals surface area contributed by atoms with Gasteiger partial charge in [-0.25, -0.2) is 9.59 Å². The third kappa shape index (κ3) is 4.74. The number of benzene rings is 2. The molecule has 1 amide bonds. The lowest BCUT2D eigenvalue weighted by atomic mass is 10.0. The van der Waals surface area contributed by atoms with Crippen LogP contribution in [-0.2, 0) is 16.0 Å². The number of halogens is 2. The minimum Gasteiger partial charge on any atom is -0.478 e. The fourth-order valence-electron chi connectivity index (χ4n) is 2.30. The van der Waals surface area contributed by atoms with Crippen molar-refractivity contribution >= 4 is 41.0 Å². The quantitative estimate of drug-likeness (QED) is 0.732. The molecule has 6 nitrogen and oxygen atoms in total. The van der Waals surface area contributed by atoms with Gasteiger partial charge in [0.05, 0.1) is 28.3 Å². The number of hydrogen-bond acceptors (Lipinski definition) is 4. The SMILES string of the molecule is COC(=O)C(Cc1ccc(C(=O)O)cc1)NC(=O)c1c(Cl)cccc1Cl. The van der Waals surface area contributed by atoms with E-state index in [1.54, 1.807) is 18.2 Å². The summed E-state index contributed by atoms with van der Waals surface area (Å²) >= 11 is 12.0. The van der Waals surface area contributed by atoms with Crippen molar-refractivity contribution in [3.05, 3.63) is 69.2 Å². The molecule has 2 aromatic carbocycles. The molecule has 26 heavy (non-hydrogen) atoms. The van der Waals surface area contributed by atoms with Crippen LogP contribution in [0.1, 0.15) is 26.3 Å². The van der Waals surface area contributed by atoms with Crippen molar-refractivity contribution in [1.82, 2.24) is 5.32 Å². The van der Waals surface area contributed by atoms with Gasteiger partial charge in [0, 0.05) is 6.42 Å². The van der Waals surface area contributed by atoms with E-state index in [4.69, 9.17) is 33.0 Å². The molecular weight excluding hydrogens is 381 g/mol. The fraction of sp³-hybridized carbons (Fsp3) is 0.167. The molecule has 0 radical (unpaired) electrons. The zero-order chi connectivity index (χ0) is 19.3. The van der Waals surface area contributed by atoms with Crippen LogP contribution in [0.25, 0.3) is 0 Å². The standard InChI is InChI=1S/C18H15Cl2NO5/c1-26-18(25)14(9-10-5-7-11(8-6-10)17(23)24)21-16(22)15-12(19)3-2-4-13(15)20/h2-8,14H,9H2,1H3,(H,21,22)(H,23,24). The molecule has 0 spiro atoms. The van der Waals surface area contributed by atoms with Gasteiger partial charge in [-0.05, 0) is 29.8 Å². The van der Waals surface area contributed by atoms with Gasteiger partial charge in [0.25, 0.3) is 5.91 Å². The van der Waals surface area contributed by atoms with E-state index in [1.165, 1.54) is 31.4 Å². The van der Waals surface area contributed by atoms with Gasteiger partial charge < -0.3 is 15.2 Å². The monoisotopic (exact) mass is 395 g/mol. The number of amides is 1. The maximum Gasteiger partial charge on any atom is 0.335 e. The molecule has 2 N–H and O–H groups in total. The van der Waals surface area contributed by atoms with Crippen molar-refractivity contribution in [2.24, 2.45) is 0 Å². The summed E-state index contributed by atoms with van der Waals surface area (Å²) in [6.07, 6.45) is 0.111. The topological polar surface area (TPSA) is 92.7 Å². The van der Waals surface area contributed by atoms with E-state index in [0.29, 0.717) is 5.56 Å². The first kappa shape index (κ1) is 19.8. The summed E-state index contributed by atoms with van der Waals surface area (Å²) in [4.78, 5) is 35.4. The molecular formula is C18H15Cl2NO5. The Bertz CT molecular complexity index is 816. The number of carbonyl (C=O) groups excluding carboxylic acids is 2. The normalized spacial score (nSPS) is 11.5. The lowest BCUT2D eigenvalue weighted by Gasteiger charge is -2.17. The van der Waals surface area contributed by atoms with Crippen LogP contribution >= 0.6 is 23.2 Å². The highest BCUT2D eigenvalue weighted by molar-refractivity contribution is 6.39. The molecule has 2 aromatic rings. The molecule has 0 fully saturated rings. The molecule has 0 aliphatic rings. The minimum atomic E-state index is -1.05. The van der Waals surface area contributed by atoms with Crippen LogP contribution in [0.3, 0.4) is 0 Å². The van der Waals surface area contributed by atoms with Crippen molar-refractivity contribution in [2.75, 3.05) is 7.11 Å². The fourth-order valence-corrected chi connectivity index (χ4v) is 2.87. The van der Waals surface area contributed by atoms with Crippen molar-refractivity contribution < 1.29 is 24.2 Å². The van der Waals surface area contributed by atoms with Gasteiger partial charge in [-0.3, -0.25) is 4.79 Å². The van der Waals surface area contributed by atoms with Crippen LogP contribution in [-0.4, -0.2) is 36.1 Å². The number of carbonyl (C=O) groups is 3. The van der Waals surface area contributed by atoms with Crippen LogP contribution in [0.15, 0.2) is 42.5 Å². The molecule has 1 atom stereocenters. The molecule has 0 aliphatic heterocycles. The van der Waals surface area contributed by atoms with E-state index >= 15 is 0 Å². The number of esters is 1. The second-order valence-corrected chi connectivity index (χ2v) is 6.17. The number of aromatic carboxylic acids is 1. The third-order valence-electron chi connectivity index (χ3n) is 3.62. The number of rotatable bonds is 6. The number of ether oxygens (including phenoxy) is 1. The molecule has 0 aliphatic carbocycles. The van der Waals surface area contributed by atoms with Crippen molar-refractivity contribution in [3.63, 3.8) is 0 Å². The Labute approximate surface area is 159 Å². The van der Waals surface area contributed by atoms with Crippen molar-refractivity contribution in [2.45, 2.75) is 12.5 Å². The molecule has 8 heteroatoms. The van der Waals surface area contributed by atoms with Crippen LogP contribution in [0.2, 0.25) is 10.0 Å². The Hall–Kier alpha value is -2.57. The van der Waals surface area contributed by atoms with E-state index in [-0.39, 0.29) is 27.6 Å². The zero-order valence-corrected chi connectivity index (χ0v) is 15.2. The largest absolute Gasteiger partial charge is 0.478 e. The second-order valence-electron chi connectivity index (χ2n) is 5.35. The Morgan fingerprint density at radius 3 is 2.15 bits per heavy atom. The highest BCUT2D eigenvalue weighted by Crippen LogP contribution is 2.24. The van der Waals surface area contributed by atoms with Crippen LogP contribution in [0.5, 0.6) is 0 Å². The highest BCUT2D eigenvalue weighted by atomic mass is 35.5. The van der Waals surface area contributed by atoms with E-state index in [1.807, 2.05) is 0 Å². The smallest absolute Gasteiger partial charge is 0.335 e. The van der Waals surface area contributed by atoms with E-state index < -0.39 is 23.9 Å². The summed E-state index contributed by atoms with van der Waals surface area (Å²) in [6.45, 7) is 0. The van der Waals surface area contributed by atoms with Crippen LogP contribution in [0, 0.1) is 0 Å². The van der Waals surface area contributed by atoms with Gasteiger partial charge in [-0.1, -0.05) is 41.4 Å². The third-order valence-corrected chi connectivity index (χ3v) is 4.25. The Balaban J connectivity index is 2.21. The van der Waals surface area contributed by atoms with Gasteiger partial charge in [-0.2, -0.15) is 0 Å². The summed E-state index contributed by atoms with van der Waals surface area (Å²) < 4.78 is 4.73. The molecule has 1 unspecified atom stereocenters. The first-order valence-electron chi connectivity index (χ1n) is 7.48. The maximum absolute atomic E-state index is 12.5. The van der Waals surface area contributed by atoms with E-state index in [9.17, 15) is 14.4 Å². The number of carboxylic acids is 1. The van der Waals surface area contributed by atoms with Crippen LogP contribution in [0.4, 0.5) is 0 Å². The number of methoxy groups -OCH3 is 1. The van der Waals surface area contributed by atoms with Gasteiger partial charge in [-0.15, -0.1) is 0 Å². The predicted molar refractivity (Wildman–Crippen MR) is 96.8 cm³/mol. The molecule has 0 heterocycles. The second kappa shape index (κ2) is 8.69. The number of hydrogen-bond donors (Lipinski definition) is 2. The summed E-state index contributed by atoms with van der Waals surface area (Å²) in [5.41, 5.74) is 0.831. The minimum absolute atomic E-state index is 0.0611. The summed E-state index contributed by atoms with van der Waals surface area (Å²) in [5.74, 6) is -2.32.